The highest BCUT2D eigenvalue weighted by atomic mass is 16.5. The molecule has 0 radical (unpaired) electrons. The van der Waals surface area contributed by atoms with Crippen molar-refractivity contribution in [2.24, 2.45) is 0 Å². The summed E-state index contributed by atoms with van der Waals surface area (Å²) in [6, 6.07) is 17.3. The molecule has 0 fully saturated rings. The Labute approximate surface area is 149 Å². The lowest BCUT2D eigenvalue weighted by molar-refractivity contribution is -0.123. The van der Waals surface area contributed by atoms with Crippen molar-refractivity contribution in [3.63, 3.8) is 0 Å². The summed E-state index contributed by atoms with van der Waals surface area (Å²) in [7, 11) is 4.02. The second-order valence-electron chi connectivity index (χ2n) is 6.02. The van der Waals surface area contributed by atoms with E-state index in [4.69, 9.17) is 9.47 Å². The van der Waals surface area contributed by atoms with Crippen LogP contribution in [0.3, 0.4) is 0 Å². The van der Waals surface area contributed by atoms with Crippen LogP contribution in [0.5, 0.6) is 11.5 Å². The van der Waals surface area contributed by atoms with Crippen LogP contribution in [0.1, 0.15) is 12.0 Å². The molecule has 5 heteroatoms. The molecule has 0 unspecified atom stereocenters. The van der Waals surface area contributed by atoms with E-state index >= 15 is 0 Å². The van der Waals surface area contributed by atoms with E-state index in [0.717, 1.165) is 18.5 Å². The number of para-hydroxylation sites is 2. The molecule has 0 aliphatic carbocycles. The third-order valence-corrected chi connectivity index (χ3v) is 3.55. The predicted octanol–water partition coefficient (Wildman–Crippen LogP) is 2.71. The largest absolute Gasteiger partial charge is 0.485 e. The average molecular weight is 342 g/mol. The molecule has 0 atom stereocenters. The van der Waals surface area contributed by atoms with Gasteiger partial charge in [0.15, 0.2) is 18.1 Å². The average Bonchev–Trinajstić information content (AvgIpc) is 2.63. The molecule has 2 aromatic carbocycles. The summed E-state index contributed by atoms with van der Waals surface area (Å²) in [5.74, 6) is 1.07. The highest BCUT2D eigenvalue weighted by Gasteiger charge is 2.07. The maximum absolute atomic E-state index is 11.9. The molecule has 1 N–H and O–H groups in total. The quantitative estimate of drug-likeness (QED) is 0.675. The molecular weight excluding hydrogens is 316 g/mol. The molecule has 0 aliphatic rings. The zero-order valence-electron chi connectivity index (χ0n) is 14.9. The first-order chi connectivity index (χ1) is 12.1. The number of ether oxygens (including phenoxy) is 2. The van der Waals surface area contributed by atoms with Crippen molar-refractivity contribution >= 4 is 5.91 Å². The smallest absolute Gasteiger partial charge is 0.257 e. The number of hydrogen-bond donors (Lipinski definition) is 1. The number of nitrogens with one attached hydrogen (secondary N) is 1. The van der Waals surface area contributed by atoms with Crippen LogP contribution in [-0.4, -0.2) is 44.6 Å². The van der Waals surface area contributed by atoms with Gasteiger partial charge in [0.05, 0.1) is 0 Å². The molecule has 0 spiro atoms. The standard InChI is InChI=1S/C20H26N2O3/c1-22(2)14-8-13-21-20(23)16-25-19-12-7-6-11-18(19)24-15-17-9-4-3-5-10-17/h3-7,9-12H,8,13-16H2,1-2H3,(H,21,23). The Morgan fingerprint density at radius 1 is 0.960 bits per heavy atom. The Balaban J connectivity index is 1.78. The highest BCUT2D eigenvalue weighted by molar-refractivity contribution is 5.77. The second-order valence-corrected chi connectivity index (χ2v) is 6.02. The number of carbonyl (C=O) groups is 1. The van der Waals surface area contributed by atoms with E-state index in [1.165, 1.54) is 0 Å². The summed E-state index contributed by atoms with van der Waals surface area (Å²) in [6.45, 7) is 2.02. The number of rotatable bonds is 10. The molecular formula is C20H26N2O3. The fourth-order valence-corrected chi connectivity index (χ4v) is 2.24. The van der Waals surface area contributed by atoms with Gasteiger partial charge in [0, 0.05) is 6.54 Å². The van der Waals surface area contributed by atoms with Gasteiger partial charge in [-0.25, -0.2) is 0 Å². The van der Waals surface area contributed by atoms with Crippen LogP contribution in [0.25, 0.3) is 0 Å². The van der Waals surface area contributed by atoms with Crippen molar-refractivity contribution < 1.29 is 14.3 Å². The van der Waals surface area contributed by atoms with Crippen molar-refractivity contribution in [2.45, 2.75) is 13.0 Å². The molecule has 2 rings (SSSR count). The number of benzene rings is 2. The Bertz CT molecular complexity index is 644. The maximum Gasteiger partial charge on any atom is 0.257 e. The summed E-state index contributed by atoms with van der Waals surface area (Å²) in [5, 5.41) is 2.85. The number of hydrogen-bond acceptors (Lipinski definition) is 4. The summed E-state index contributed by atoms with van der Waals surface area (Å²) in [5.41, 5.74) is 1.08. The number of carbonyl (C=O) groups excluding carboxylic acids is 1. The van der Waals surface area contributed by atoms with Gasteiger partial charge in [-0.2, -0.15) is 0 Å². The topological polar surface area (TPSA) is 50.8 Å². The van der Waals surface area contributed by atoms with Gasteiger partial charge in [-0.1, -0.05) is 42.5 Å². The zero-order chi connectivity index (χ0) is 17.9. The van der Waals surface area contributed by atoms with Crippen LogP contribution in [0.4, 0.5) is 0 Å². The van der Waals surface area contributed by atoms with Crippen molar-refractivity contribution in [1.82, 2.24) is 10.2 Å². The van der Waals surface area contributed by atoms with Gasteiger partial charge in [0.2, 0.25) is 0 Å². The summed E-state index contributed by atoms with van der Waals surface area (Å²) in [6.07, 6.45) is 0.912. The van der Waals surface area contributed by atoms with E-state index in [1.807, 2.05) is 62.6 Å². The lowest BCUT2D eigenvalue weighted by atomic mass is 10.2. The molecule has 0 saturated carbocycles. The van der Waals surface area contributed by atoms with Gasteiger partial charge in [-0.05, 0) is 44.8 Å². The van der Waals surface area contributed by atoms with E-state index in [1.54, 1.807) is 6.07 Å². The molecule has 0 aromatic heterocycles. The van der Waals surface area contributed by atoms with E-state index in [0.29, 0.717) is 24.7 Å². The van der Waals surface area contributed by atoms with Crippen molar-refractivity contribution in [3.8, 4) is 11.5 Å². The first-order valence-corrected chi connectivity index (χ1v) is 8.45. The molecule has 2 aromatic rings. The van der Waals surface area contributed by atoms with E-state index < -0.39 is 0 Å². The maximum atomic E-state index is 11.9. The number of nitrogens with zero attached hydrogens (tertiary/aromatic N) is 1. The molecule has 0 saturated heterocycles. The molecule has 0 bridgehead atoms. The normalized spacial score (nSPS) is 10.5. The lowest BCUT2D eigenvalue weighted by Gasteiger charge is -2.13. The van der Waals surface area contributed by atoms with Crippen molar-refractivity contribution in [2.75, 3.05) is 33.8 Å². The van der Waals surface area contributed by atoms with E-state index in [2.05, 4.69) is 10.2 Å². The fourth-order valence-electron chi connectivity index (χ4n) is 2.24. The van der Waals surface area contributed by atoms with Crippen LogP contribution >= 0.6 is 0 Å². The third-order valence-electron chi connectivity index (χ3n) is 3.55. The predicted molar refractivity (Wildman–Crippen MR) is 98.9 cm³/mol. The van der Waals surface area contributed by atoms with Gasteiger partial charge < -0.3 is 19.7 Å². The Morgan fingerprint density at radius 2 is 1.60 bits per heavy atom. The first-order valence-electron chi connectivity index (χ1n) is 8.45. The first kappa shape index (κ1) is 18.8. The lowest BCUT2D eigenvalue weighted by Crippen LogP contribution is -2.31. The molecule has 134 valence electrons. The summed E-state index contributed by atoms with van der Waals surface area (Å²) >= 11 is 0. The molecule has 1 amide bonds. The third kappa shape index (κ3) is 7.27. The molecule has 0 heterocycles. The Hall–Kier alpha value is -2.53. The SMILES string of the molecule is CN(C)CCCNC(=O)COc1ccccc1OCc1ccccc1. The molecule has 0 aliphatic heterocycles. The van der Waals surface area contributed by atoms with Gasteiger partial charge in [0.1, 0.15) is 6.61 Å². The fraction of sp³-hybridized carbons (Fsp3) is 0.350. The second kappa shape index (κ2) is 10.4. The minimum Gasteiger partial charge on any atom is -0.485 e. The van der Waals surface area contributed by atoms with E-state index in [9.17, 15) is 4.79 Å². The van der Waals surface area contributed by atoms with Crippen LogP contribution in [-0.2, 0) is 11.4 Å². The van der Waals surface area contributed by atoms with Crippen molar-refractivity contribution in [1.29, 1.82) is 0 Å². The van der Waals surface area contributed by atoms with Crippen LogP contribution in [0.2, 0.25) is 0 Å². The van der Waals surface area contributed by atoms with Gasteiger partial charge in [-0.3, -0.25) is 4.79 Å². The van der Waals surface area contributed by atoms with Gasteiger partial charge >= 0.3 is 0 Å². The van der Waals surface area contributed by atoms with E-state index in [-0.39, 0.29) is 12.5 Å². The summed E-state index contributed by atoms with van der Waals surface area (Å²) in [4.78, 5) is 13.9. The minimum absolute atomic E-state index is 0.0202. The van der Waals surface area contributed by atoms with Crippen LogP contribution < -0.4 is 14.8 Å². The number of amides is 1. The van der Waals surface area contributed by atoms with Crippen LogP contribution in [0.15, 0.2) is 54.6 Å². The highest BCUT2D eigenvalue weighted by Crippen LogP contribution is 2.27. The van der Waals surface area contributed by atoms with Gasteiger partial charge in [0.25, 0.3) is 5.91 Å². The van der Waals surface area contributed by atoms with Gasteiger partial charge in [-0.15, -0.1) is 0 Å². The Morgan fingerprint density at radius 3 is 2.28 bits per heavy atom. The molecule has 5 nitrogen and oxygen atoms in total. The van der Waals surface area contributed by atoms with Crippen LogP contribution in [0, 0.1) is 0 Å². The minimum atomic E-state index is -0.128. The van der Waals surface area contributed by atoms with Crippen molar-refractivity contribution in [3.05, 3.63) is 60.2 Å². The Kier molecular flexibility index (Phi) is 7.79. The summed E-state index contributed by atoms with van der Waals surface area (Å²) < 4.78 is 11.4. The molecule has 25 heavy (non-hydrogen) atoms. The zero-order valence-corrected chi connectivity index (χ0v) is 14.9. The monoisotopic (exact) mass is 342 g/mol.